The van der Waals surface area contributed by atoms with E-state index in [4.69, 9.17) is 21.1 Å². The van der Waals surface area contributed by atoms with Crippen LogP contribution < -0.4 is 4.90 Å². The van der Waals surface area contributed by atoms with Crippen LogP contribution in [0, 0.1) is 0 Å². The van der Waals surface area contributed by atoms with Gasteiger partial charge in [0.25, 0.3) is 0 Å². The highest BCUT2D eigenvalue weighted by molar-refractivity contribution is 6.29. The smallest absolute Gasteiger partial charge is 0.171 e. The van der Waals surface area contributed by atoms with E-state index >= 15 is 0 Å². The maximum absolute atomic E-state index is 5.90. The lowest BCUT2D eigenvalue weighted by Gasteiger charge is -2.38. The highest BCUT2D eigenvalue weighted by atomic mass is 35.5. The van der Waals surface area contributed by atoms with E-state index in [0.29, 0.717) is 5.15 Å². The van der Waals surface area contributed by atoms with Gasteiger partial charge in [0.05, 0.1) is 13.2 Å². The second-order valence-electron chi connectivity index (χ2n) is 4.43. The van der Waals surface area contributed by atoms with Crippen molar-refractivity contribution < 1.29 is 9.47 Å². The van der Waals surface area contributed by atoms with Crippen molar-refractivity contribution in [2.45, 2.75) is 18.6 Å². The van der Waals surface area contributed by atoms with E-state index in [0.717, 1.165) is 44.8 Å². The standard InChI is InChI=1S/C12H15ClN2O2/c13-11-9-10(1-4-14-11)15-5-2-12(3-6-15)16-7-8-17-12/h1,4,9H,2-3,5-8H2. The third kappa shape index (κ3) is 2.25. The number of aromatic nitrogens is 1. The van der Waals surface area contributed by atoms with Crippen molar-refractivity contribution in [2.75, 3.05) is 31.2 Å². The number of ether oxygens (including phenoxy) is 2. The fourth-order valence-corrected chi connectivity index (χ4v) is 2.65. The lowest BCUT2D eigenvalue weighted by molar-refractivity contribution is -0.169. The number of hydrogen-bond acceptors (Lipinski definition) is 4. The van der Waals surface area contributed by atoms with Gasteiger partial charge in [-0.05, 0) is 12.1 Å². The molecule has 4 nitrogen and oxygen atoms in total. The predicted molar refractivity (Wildman–Crippen MR) is 65.3 cm³/mol. The Morgan fingerprint density at radius 3 is 2.59 bits per heavy atom. The van der Waals surface area contributed by atoms with Crippen molar-refractivity contribution in [1.29, 1.82) is 0 Å². The van der Waals surface area contributed by atoms with Crippen LogP contribution in [0.15, 0.2) is 18.3 Å². The molecule has 0 aliphatic carbocycles. The first-order valence-corrected chi connectivity index (χ1v) is 6.30. The van der Waals surface area contributed by atoms with E-state index < -0.39 is 0 Å². The zero-order chi connectivity index (χ0) is 11.7. The highest BCUT2D eigenvalue weighted by Crippen LogP contribution is 2.33. The summed E-state index contributed by atoms with van der Waals surface area (Å²) in [7, 11) is 0. The van der Waals surface area contributed by atoms with Gasteiger partial charge in [-0.1, -0.05) is 11.6 Å². The molecule has 0 bridgehead atoms. The molecule has 0 atom stereocenters. The average Bonchev–Trinajstić information content (AvgIpc) is 2.79. The maximum atomic E-state index is 5.90. The maximum Gasteiger partial charge on any atom is 0.171 e. The number of pyridine rings is 1. The van der Waals surface area contributed by atoms with Gasteiger partial charge in [-0.15, -0.1) is 0 Å². The molecule has 0 aromatic carbocycles. The van der Waals surface area contributed by atoms with Crippen LogP contribution >= 0.6 is 11.6 Å². The molecule has 2 aliphatic rings. The lowest BCUT2D eigenvalue weighted by Crippen LogP contribution is -2.45. The molecule has 0 amide bonds. The van der Waals surface area contributed by atoms with Crippen LogP contribution in [0.5, 0.6) is 0 Å². The number of nitrogens with zero attached hydrogens (tertiary/aromatic N) is 2. The normalized spacial score (nSPS) is 23.2. The van der Waals surface area contributed by atoms with Crippen molar-refractivity contribution in [2.24, 2.45) is 0 Å². The number of hydrogen-bond donors (Lipinski definition) is 0. The summed E-state index contributed by atoms with van der Waals surface area (Å²) in [6.07, 6.45) is 3.56. The Balaban J connectivity index is 1.68. The summed E-state index contributed by atoms with van der Waals surface area (Å²) in [4.78, 5) is 6.29. The molecule has 3 heterocycles. The molecule has 1 spiro atoms. The molecule has 5 heteroatoms. The van der Waals surface area contributed by atoms with Crippen LogP contribution in [-0.2, 0) is 9.47 Å². The molecule has 1 aromatic heterocycles. The van der Waals surface area contributed by atoms with Gasteiger partial charge in [0.2, 0.25) is 0 Å². The molecule has 2 aliphatic heterocycles. The third-order valence-electron chi connectivity index (χ3n) is 3.41. The van der Waals surface area contributed by atoms with Gasteiger partial charge in [-0.3, -0.25) is 0 Å². The lowest BCUT2D eigenvalue weighted by atomic mass is 10.0. The van der Waals surface area contributed by atoms with E-state index in [1.54, 1.807) is 6.20 Å². The first kappa shape index (κ1) is 11.3. The van der Waals surface area contributed by atoms with Crippen LogP contribution in [0.1, 0.15) is 12.8 Å². The second-order valence-corrected chi connectivity index (χ2v) is 4.82. The van der Waals surface area contributed by atoms with Crippen LogP contribution in [-0.4, -0.2) is 37.1 Å². The largest absolute Gasteiger partial charge is 0.371 e. The van der Waals surface area contributed by atoms with Crippen LogP contribution in [0.2, 0.25) is 5.15 Å². The topological polar surface area (TPSA) is 34.6 Å². The molecule has 17 heavy (non-hydrogen) atoms. The van der Waals surface area contributed by atoms with E-state index in [1.165, 1.54) is 0 Å². The molecular weight excluding hydrogens is 240 g/mol. The third-order valence-corrected chi connectivity index (χ3v) is 3.62. The van der Waals surface area contributed by atoms with Crippen molar-refractivity contribution >= 4 is 17.3 Å². The number of anilines is 1. The molecule has 92 valence electrons. The van der Waals surface area contributed by atoms with Crippen LogP contribution in [0.3, 0.4) is 0 Å². The summed E-state index contributed by atoms with van der Waals surface area (Å²) >= 11 is 5.90. The van der Waals surface area contributed by atoms with Gasteiger partial charge in [0, 0.05) is 37.8 Å². The summed E-state index contributed by atoms with van der Waals surface area (Å²) in [6, 6.07) is 3.89. The minimum Gasteiger partial charge on any atom is -0.371 e. The van der Waals surface area contributed by atoms with Gasteiger partial charge < -0.3 is 14.4 Å². The number of rotatable bonds is 1. The van der Waals surface area contributed by atoms with Gasteiger partial charge in [-0.25, -0.2) is 4.98 Å². The van der Waals surface area contributed by atoms with E-state index in [9.17, 15) is 0 Å². The quantitative estimate of drug-likeness (QED) is 0.719. The molecule has 2 fully saturated rings. The molecular formula is C12H15ClN2O2. The first-order chi connectivity index (χ1) is 8.27. The molecule has 0 N–H and O–H groups in total. The molecule has 3 rings (SSSR count). The minimum absolute atomic E-state index is 0.312. The Bertz CT molecular complexity index is 397. The van der Waals surface area contributed by atoms with E-state index in [-0.39, 0.29) is 5.79 Å². The SMILES string of the molecule is Clc1cc(N2CCC3(CC2)OCCO3)ccn1. The highest BCUT2D eigenvalue weighted by Gasteiger charge is 2.39. The molecule has 0 saturated carbocycles. The first-order valence-electron chi connectivity index (χ1n) is 5.92. The van der Waals surface area contributed by atoms with Crippen LogP contribution in [0.4, 0.5) is 5.69 Å². The summed E-state index contributed by atoms with van der Waals surface area (Å²) in [5, 5.41) is 0.538. The summed E-state index contributed by atoms with van der Waals surface area (Å²) in [5.74, 6) is -0.312. The van der Waals surface area contributed by atoms with E-state index in [1.807, 2.05) is 12.1 Å². The van der Waals surface area contributed by atoms with Gasteiger partial charge in [-0.2, -0.15) is 0 Å². The Kier molecular flexibility index (Phi) is 2.94. The average molecular weight is 255 g/mol. The zero-order valence-electron chi connectivity index (χ0n) is 9.56. The zero-order valence-corrected chi connectivity index (χ0v) is 10.3. The summed E-state index contributed by atoms with van der Waals surface area (Å²) in [6.45, 7) is 3.31. The molecule has 1 aromatic rings. The van der Waals surface area contributed by atoms with Gasteiger partial charge in [0.15, 0.2) is 5.79 Å². The van der Waals surface area contributed by atoms with Gasteiger partial charge in [0.1, 0.15) is 5.15 Å². The Hall–Kier alpha value is -0.840. The summed E-state index contributed by atoms with van der Waals surface area (Å²) < 4.78 is 11.4. The van der Waals surface area contributed by atoms with Crippen molar-refractivity contribution in [3.05, 3.63) is 23.5 Å². The predicted octanol–water partition coefficient (Wildman–Crippen LogP) is 2.08. The van der Waals surface area contributed by atoms with Crippen LogP contribution in [0.25, 0.3) is 0 Å². The number of halogens is 1. The second kappa shape index (κ2) is 4.44. The molecule has 2 saturated heterocycles. The Morgan fingerprint density at radius 1 is 1.24 bits per heavy atom. The molecule has 0 unspecified atom stereocenters. The minimum atomic E-state index is -0.312. The fraction of sp³-hybridized carbons (Fsp3) is 0.583. The van der Waals surface area contributed by atoms with E-state index in [2.05, 4.69) is 9.88 Å². The van der Waals surface area contributed by atoms with Crippen molar-refractivity contribution in [3.63, 3.8) is 0 Å². The number of piperidine rings is 1. The molecule has 0 radical (unpaired) electrons. The Morgan fingerprint density at radius 2 is 1.94 bits per heavy atom. The van der Waals surface area contributed by atoms with Crippen molar-refractivity contribution in [1.82, 2.24) is 4.98 Å². The van der Waals surface area contributed by atoms with Crippen molar-refractivity contribution in [3.8, 4) is 0 Å². The summed E-state index contributed by atoms with van der Waals surface area (Å²) in [5.41, 5.74) is 1.12. The Labute approximate surface area is 105 Å². The van der Waals surface area contributed by atoms with Gasteiger partial charge >= 0.3 is 0 Å². The monoisotopic (exact) mass is 254 g/mol. The fourth-order valence-electron chi connectivity index (χ4n) is 2.48.